The van der Waals surface area contributed by atoms with E-state index in [4.69, 9.17) is 33.7 Å². The summed E-state index contributed by atoms with van der Waals surface area (Å²) in [4.78, 5) is 4.37. The molecule has 0 saturated heterocycles. The number of ether oxygens (including phenoxy) is 1. The van der Waals surface area contributed by atoms with Crippen LogP contribution < -0.4 is 15.8 Å². The van der Waals surface area contributed by atoms with Crippen LogP contribution in [0, 0.1) is 6.92 Å². The molecular formula is C26H25Cl2N2O2P. The van der Waals surface area contributed by atoms with E-state index in [1.165, 1.54) is 0 Å². The van der Waals surface area contributed by atoms with Crippen LogP contribution in [-0.4, -0.2) is 18.3 Å². The summed E-state index contributed by atoms with van der Waals surface area (Å²) in [6.45, 7) is 7.37. The Morgan fingerprint density at radius 2 is 1.73 bits per heavy atom. The fraction of sp³-hybridized carbons (Fsp3) is 0.192. The van der Waals surface area contributed by atoms with Gasteiger partial charge in [0, 0.05) is 27.7 Å². The van der Waals surface area contributed by atoms with Gasteiger partial charge in [-0.1, -0.05) is 65.7 Å². The summed E-state index contributed by atoms with van der Waals surface area (Å²) in [5, 5.41) is 3.93. The first kappa shape index (κ1) is 23.6. The van der Waals surface area contributed by atoms with Crippen molar-refractivity contribution in [3.8, 4) is 16.9 Å². The van der Waals surface area contributed by atoms with Gasteiger partial charge in [-0.25, -0.2) is 4.98 Å². The Labute approximate surface area is 204 Å². The zero-order valence-corrected chi connectivity index (χ0v) is 21.3. The van der Waals surface area contributed by atoms with Gasteiger partial charge in [-0.15, -0.1) is 0 Å². The molecule has 0 aliphatic rings. The molecule has 4 rings (SSSR count). The van der Waals surface area contributed by atoms with Gasteiger partial charge in [0.05, 0.1) is 5.02 Å². The number of rotatable bonds is 5. The van der Waals surface area contributed by atoms with Crippen LogP contribution in [0.3, 0.4) is 0 Å². The third kappa shape index (κ3) is 4.61. The Morgan fingerprint density at radius 1 is 1.03 bits per heavy atom. The first-order valence-corrected chi connectivity index (χ1v) is 13.9. The third-order valence-corrected chi connectivity index (χ3v) is 8.09. The smallest absolute Gasteiger partial charge is 0.166 e. The minimum Gasteiger partial charge on any atom is -0.482 e. The highest BCUT2D eigenvalue weighted by molar-refractivity contribution is 7.70. The van der Waals surface area contributed by atoms with Crippen molar-refractivity contribution in [1.82, 2.24) is 4.98 Å². The van der Waals surface area contributed by atoms with Gasteiger partial charge >= 0.3 is 0 Å². The Hall–Kier alpha value is -2.52. The van der Waals surface area contributed by atoms with Crippen molar-refractivity contribution in [2.45, 2.75) is 20.0 Å². The molecule has 2 N–H and O–H groups in total. The molecule has 1 aromatic heterocycles. The molecule has 0 saturated carbocycles. The maximum Gasteiger partial charge on any atom is 0.166 e. The van der Waals surface area contributed by atoms with Crippen LogP contribution in [-0.2, 0) is 4.57 Å². The number of nitrogens with zero attached hydrogens (tertiary/aromatic N) is 1. The van der Waals surface area contributed by atoms with Crippen LogP contribution in [0.1, 0.15) is 24.2 Å². The molecule has 0 spiro atoms. The van der Waals surface area contributed by atoms with Crippen LogP contribution in [0.15, 0.2) is 60.8 Å². The number of fused-ring (bicyclic) bond motifs is 1. The van der Waals surface area contributed by atoms with E-state index in [-0.39, 0.29) is 5.82 Å². The lowest BCUT2D eigenvalue weighted by atomic mass is 9.99. The van der Waals surface area contributed by atoms with E-state index in [1.807, 2.05) is 68.4 Å². The van der Waals surface area contributed by atoms with Gasteiger partial charge in [0.25, 0.3) is 0 Å². The minimum atomic E-state index is -2.44. The molecule has 33 heavy (non-hydrogen) atoms. The fourth-order valence-corrected chi connectivity index (χ4v) is 5.89. The summed E-state index contributed by atoms with van der Waals surface area (Å²) in [7, 11) is -2.44. The Kier molecular flexibility index (Phi) is 6.46. The minimum absolute atomic E-state index is 0.276. The lowest BCUT2D eigenvalue weighted by Crippen LogP contribution is -2.08. The number of aryl methyl sites for hydroxylation is 1. The summed E-state index contributed by atoms with van der Waals surface area (Å²) in [6.07, 6.45) is 1.28. The van der Waals surface area contributed by atoms with Gasteiger partial charge in [-0.3, -0.25) is 0 Å². The van der Waals surface area contributed by atoms with E-state index >= 15 is 0 Å². The Bertz CT molecular complexity index is 1420. The third-order valence-electron chi connectivity index (χ3n) is 5.70. The predicted octanol–water partition coefficient (Wildman–Crippen LogP) is 7.49. The summed E-state index contributed by atoms with van der Waals surface area (Å²) in [5.74, 6) is 0.719. The van der Waals surface area contributed by atoms with E-state index < -0.39 is 13.2 Å². The Morgan fingerprint density at radius 3 is 2.42 bits per heavy atom. The first-order chi connectivity index (χ1) is 15.6. The number of hydrogen-bond acceptors (Lipinski definition) is 4. The van der Waals surface area contributed by atoms with Crippen LogP contribution in [0.4, 0.5) is 5.82 Å². The van der Waals surface area contributed by atoms with E-state index in [0.29, 0.717) is 21.4 Å². The molecule has 0 fully saturated rings. The monoisotopic (exact) mass is 498 g/mol. The molecule has 1 atom stereocenters. The maximum atomic E-state index is 12.8. The van der Waals surface area contributed by atoms with Gasteiger partial charge in [0.2, 0.25) is 0 Å². The van der Waals surface area contributed by atoms with Gasteiger partial charge in [-0.2, -0.15) is 0 Å². The van der Waals surface area contributed by atoms with Gasteiger partial charge in [0.1, 0.15) is 13.2 Å². The number of nitrogen functional groups attached to an aromatic ring is 1. The summed E-state index contributed by atoms with van der Waals surface area (Å²) in [6, 6.07) is 17.4. The van der Waals surface area contributed by atoms with Crippen LogP contribution in [0.2, 0.25) is 10.0 Å². The molecule has 4 nitrogen and oxygen atoms in total. The van der Waals surface area contributed by atoms with Crippen LogP contribution in [0.25, 0.3) is 21.9 Å². The quantitative estimate of drug-likeness (QED) is 0.289. The number of benzene rings is 3. The van der Waals surface area contributed by atoms with Crippen molar-refractivity contribution in [2.75, 3.05) is 19.1 Å². The average molecular weight is 499 g/mol. The number of anilines is 1. The molecule has 7 heteroatoms. The largest absolute Gasteiger partial charge is 0.482 e. The number of aromatic nitrogens is 1. The number of hydrogen-bond donors (Lipinski definition) is 1. The van der Waals surface area contributed by atoms with Crippen LogP contribution in [0.5, 0.6) is 5.75 Å². The average Bonchev–Trinajstić information content (AvgIpc) is 2.76. The lowest BCUT2D eigenvalue weighted by molar-refractivity contribution is 0.228. The molecule has 4 aromatic rings. The van der Waals surface area contributed by atoms with Crippen molar-refractivity contribution in [3.63, 3.8) is 0 Å². The highest BCUT2D eigenvalue weighted by atomic mass is 35.5. The molecule has 1 unspecified atom stereocenters. The molecule has 0 aliphatic heterocycles. The second-order valence-electron chi connectivity index (χ2n) is 8.49. The Balaban J connectivity index is 1.79. The summed E-state index contributed by atoms with van der Waals surface area (Å²) in [5.41, 5.74) is 9.58. The van der Waals surface area contributed by atoms with Crippen molar-refractivity contribution in [3.05, 3.63) is 82.0 Å². The fourth-order valence-electron chi connectivity index (χ4n) is 4.00. The van der Waals surface area contributed by atoms with E-state index in [0.717, 1.165) is 32.8 Å². The van der Waals surface area contributed by atoms with E-state index in [1.54, 1.807) is 19.5 Å². The van der Waals surface area contributed by atoms with Crippen molar-refractivity contribution in [2.24, 2.45) is 0 Å². The maximum absolute atomic E-state index is 12.8. The normalized spacial score (nSPS) is 12.7. The van der Waals surface area contributed by atoms with Gasteiger partial charge in [-0.05, 0) is 61.2 Å². The molecule has 1 heterocycles. The van der Waals surface area contributed by atoms with E-state index in [2.05, 4.69) is 4.98 Å². The van der Waals surface area contributed by atoms with Crippen molar-refractivity contribution < 1.29 is 9.30 Å². The SMILES string of the molecule is Cc1ccc(Cl)c(C(C)Oc2cc(-c3ccc(P(C)(C)=O)c4ccccc34)cnc2N)c1Cl. The summed E-state index contributed by atoms with van der Waals surface area (Å²) >= 11 is 12.9. The highest BCUT2D eigenvalue weighted by Gasteiger charge is 2.20. The van der Waals surface area contributed by atoms with Gasteiger partial charge < -0.3 is 15.0 Å². The summed E-state index contributed by atoms with van der Waals surface area (Å²) < 4.78 is 19.0. The lowest BCUT2D eigenvalue weighted by Gasteiger charge is -2.20. The molecule has 0 amide bonds. The first-order valence-electron chi connectivity index (χ1n) is 10.5. The van der Waals surface area contributed by atoms with E-state index in [9.17, 15) is 4.57 Å². The van der Waals surface area contributed by atoms with Crippen molar-refractivity contribution in [1.29, 1.82) is 0 Å². The number of pyridine rings is 1. The zero-order valence-electron chi connectivity index (χ0n) is 18.9. The number of nitrogens with two attached hydrogens (primary N) is 1. The molecule has 0 aliphatic carbocycles. The second kappa shape index (κ2) is 9.02. The zero-order chi connectivity index (χ0) is 23.9. The second-order valence-corrected chi connectivity index (χ2v) is 12.5. The number of halogens is 2. The molecule has 3 aromatic carbocycles. The van der Waals surface area contributed by atoms with Crippen LogP contribution >= 0.6 is 30.3 Å². The topological polar surface area (TPSA) is 65.2 Å². The molecular weight excluding hydrogens is 474 g/mol. The van der Waals surface area contributed by atoms with Crippen molar-refractivity contribution >= 4 is 52.2 Å². The standard InChI is InChI=1S/C26H25Cl2N2O2P/c1-15-9-11-21(27)24(25(15)28)16(2)32-22-13-17(14-30-26(22)29)18-10-12-23(33(3,4)31)20-8-6-5-7-19(18)20/h5-14,16H,1-4H3,(H2,29,30). The predicted molar refractivity (Wildman–Crippen MR) is 141 cm³/mol. The molecule has 0 bridgehead atoms. The van der Waals surface area contributed by atoms with Gasteiger partial charge in [0.15, 0.2) is 11.6 Å². The molecule has 170 valence electrons. The highest BCUT2D eigenvalue weighted by Crippen LogP contribution is 2.41. The molecule has 0 radical (unpaired) electrons.